The molecule has 4 heteroatoms. The number of halogens is 1. The first-order chi connectivity index (χ1) is 5.68. The van der Waals surface area contributed by atoms with Crippen LogP contribution in [0.5, 0.6) is 0 Å². The van der Waals surface area contributed by atoms with Gasteiger partial charge in [-0.05, 0) is 13.0 Å². The van der Waals surface area contributed by atoms with E-state index < -0.39 is 0 Å². The van der Waals surface area contributed by atoms with Gasteiger partial charge in [-0.25, -0.2) is 9.97 Å². The molecule has 0 aliphatic heterocycles. The third-order valence-corrected chi connectivity index (χ3v) is 1.37. The molecule has 1 heterocycles. The van der Waals surface area contributed by atoms with Gasteiger partial charge >= 0.3 is 0 Å². The number of rotatable bonds is 3. The Kier molecular flexibility index (Phi) is 3.05. The van der Waals surface area contributed by atoms with Gasteiger partial charge < -0.3 is 5.32 Å². The summed E-state index contributed by atoms with van der Waals surface area (Å²) >= 11 is 5.57. The van der Waals surface area contributed by atoms with Gasteiger partial charge in [-0.3, -0.25) is 0 Å². The second-order valence-electron chi connectivity index (χ2n) is 2.36. The van der Waals surface area contributed by atoms with Crippen LogP contribution in [0.4, 0.5) is 5.82 Å². The van der Waals surface area contributed by atoms with Crippen LogP contribution in [0.25, 0.3) is 0 Å². The Balaban J connectivity index is 2.57. The van der Waals surface area contributed by atoms with Crippen LogP contribution in [-0.4, -0.2) is 16.5 Å². The highest BCUT2D eigenvalue weighted by Gasteiger charge is 1.93. The van der Waals surface area contributed by atoms with Gasteiger partial charge in [-0.15, -0.1) is 0 Å². The summed E-state index contributed by atoms with van der Waals surface area (Å²) in [6, 6.07) is 1.78. The van der Waals surface area contributed by atoms with Gasteiger partial charge in [-0.2, -0.15) is 0 Å². The maximum atomic E-state index is 5.57. The summed E-state index contributed by atoms with van der Waals surface area (Å²) in [4.78, 5) is 8.08. The van der Waals surface area contributed by atoms with Gasteiger partial charge in [0, 0.05) is 11.2 Å². The normalized spacial score (nSPS) is 9.50. The summed E-state index contributed by atoms with van der Waals surface area (Å²) in [5, 5.41) is 3.56. The smallest absolute Gasteiger partial charge is 0.129 e. The zero-order valence-electron chi connectivity index (χ0n) is 6.84. The number of hydrogen-bond donors (Lipinski definition) is 1. The van der Waals surface area contributed by atoms with Gasteiger partial charge in [0.25, 0.3) is 0 Å². The van der Waals surface area contributed by atoms with E-state index in [0.717, 1.165) is 11.6 Å². The lowest BCUT2D eigenvalue weighted by molar-refractivity contribution is 1.04. The predicted octanol–water partition coefficient (Wildman–Crippen LogP) is 1.95. The molecule has 0 bridgehead atoms. The number of aryl methyl sites for hydroxylation is 1. The fourth-order valence-corrected chi connectivity index (χ4v) is 0.808. The van der Waals surface area contributed by atoms with Crippen molar-refractivity contribution in [2.45, 2.75) is 6.92 Å². The molecule has 0 spiro atoms. The largest absolute Gasteiger partial charge is 0.365 e. The van der Waals surface area contributed by atoms with Crippen LogP contribution in [0, 0.1) is 6.92 Å². The number of aromatic nitrogens is 2. The van der Waals surface area contributed by atoms with E-state index in [4.69, 9.17) is 11.6 Å². The van der Waals surface area contributed by atoms with Crippen molar-refractivity contribution in [2.75, 3.05) is 11.9 Å². The minimum absolute atomic E-state index is 0.526. The molecule has 0 saturated heterocycles. The predicted molar refractivity (Wildman–Crippen MR) is 50.3 cm³/mol. The van der Waals surface area contributed by atoms with E-state index in [1.165, 1.54) is 0 Å². The van der Waals surface area contributed by atoms with Crippen molar-refractivity contribution in [3.63, 3.8) is 0 Å². The highest BCUT2D eigenvalue weighted by molar-refractivity contribution is 6.29. The molecule has 0 amide bonds. The molecule has 0 saturated carbocycles. The topological polar surface area (TPSA) is 37.8 Å². The van der Waals surface area contributed by atoms with Crippen molar-refractivity contribution in [3.8, 4) is 0 Å². The molecule has 0 radical (unpaired) electrons. The highest BCUT2D eigenvalue weighted by Crippen LogP contribution is 2.03. The second-order valence-corrected chi connectivity index (χ2v) is 2.89. The number of anilines is 1. The molecule has 1 aromatic heterocycles. The third kappa shape index (κ3) is 2.88. The monoisotopic (exact) mass is 183 g/mol. The number of nitrogens with zero attached hydrogens (tertiary/aromatic N) is 2. The average Bonchev–Trinajstić information content (AvgIpc) is 2.01. The van der Waals surface area contributed by atoms with Crippen LogP contribution in [0.3, 0.4) is 0 Å². The quantitative estimate of drug-likeness (QED) is 0.779. The van der Waals surface area contributed by atoms with Crippen LogP contribution in [0.15, 0.2) is 23.9 Å². The Morgan fingerprint density at radius 3 is 3.08 bits per heavy atom. The minimum Gasteiger partial charge on any atom is -0.365 e. The van der Waals surface area contributed by atoms with E-state index >= 15 is 0 Å². The average molecular weight is 184 g/mol. The number of nitrogens with one attached hydrogen (secondary N) is 1. The lowest BCUT2D eigenvalue weighted by atomic mass is 10.5. The Hall–Kier alpha value is -1.09. The molecule has 1 N–H and O–H groups in total. The second kappa shape index (κ2) is 4.07. The van der Waals surface area contributed by atoms with Crippen molar-refractivity contribution in [1.29, 1.82) is 0 Å². The van der Waals surface area contributed by atoms with Crippen LogP contribution in [0.1, 0.15) is 5.82 Å². The summed E-state index contributed by atoms with van der Waals surface area (Å²) in [6.45, 7) is 5.91. The van der Waals surface area contributed by atoms with Crippen LogP contribution in [0.2, 0.25) is 0 Å². The van der Waals surface area contributed by atoms with E-state index in [2.05, 4.69) is 21.9 Å². The van der Waals surface area contributed by atoms with Crippen molar-refractivity contribution in [2.24, 2.45) is 0 Å². The molecular weight excluding hydrogens is 174 g/mol. The first-order valence-corrected chi connectivity index (χ1v) is 3.93. The molecule has 1 aromatic rings. The van der Waals surface area contributed by atoms with Crippen molar-refractivity contribution >= 4 is 17.4 Å². The molecular formula is C8H10ClN3. The van der Waals surface area contributed by atoms with E-state index in [1.807, 2.05) is 6.92 Å². The van der Waals surface area contributed by atoms with E-state index in [1.54, 1.807) is 12.3 Å². The first kappa shape index (κ1) is 9.00. The fourth-order valence-electron chi connectivity index (χ4n) is 0.741. The molecule has 0 aromatic carbocycles. The summed E-state index contributed by atoms with van der Waals surface area (Å²) < 4.78 is 0. The zero-order chi connectivity index (χ0) is 8.97. The maximum Gasteiger partial charge on any atom is 0.129 e. The molecule has 0 atom stereocenters. The Bertz CT molecular complexity index is 285. The molecule has 0 fully saturated rings. The SMILES string of the molecule is C=C(Cl)CNc1ccnc(C)n1. The summed E-state index contributed by atoms with van der Waals surface area (Å²) in [6.07, 6.45) is 1.70. The lowest BCUT2D eigenvalue weighted by Crippen LogP contribution is -2.03. The molecule has 3 nitrogen and oxygen atoms in total. The fraction of sp³-hybridized carbons (Fsp3) is 0.250. The lowest BCUT2D eigenvalue weighted by Gasteiger charge is -2.03. The number of hydrogen-bond acceptors (Lipinski definition) is 3. The Morgan fingerprint density at radius 2 is 2.50 bits per heavy atom. The first-order valence-electron chi connectivity index (χ1n) is 3.55. The van der Waals surface area contributed by atoms with Crippen LogP contribution in [-0.2, 0) is 0 Å². The van der Waals surface area contributed by atoms with E-state index in [-0.39, 0.29) is 0 Å². The zero-order valence-corrected chi connectivity index (χ0v) is 7.60. The molecule has 0 unspecified atom stereocenters. The van der Waals surface area contributed by atoms with Gasteiger partial charge in [-0.1, -0.05) is 18.2 Å². The summed E-state index contributed by atoms with van der Waals surface area (Å²) in [5.74, 6) is 1.50. The van der Waals surface area contributed by atoms with E-state index in [0.29, 0.717) is 11.6 Å². The highest BCUT2D eigenvalue weighted by atomic mass is 35.5. The molecule has 12 heavy (non-hydrogen) atoms. The standard InChI is InChI=1S/C8H10ClN3/c1-6(9)5-11-8-3-4-10-7(2)12-8/h3-4H,1,5H2,2H3,(H,10,11,12). The van der Waals surface area contributed by atoms with Gasteiger partial charge in [0.1, 0.15) is 11.6 Å². The summed E-state index contributed by atoms with van der Waals surface area (Å²) in [7, 11) is 0. The minimum atomic E-state index is 0.526. The van der Waals surface area contributed by atoms with Gasteiger partial charge in [0.05, 0.1) is 6.54 Å². The summed E-state index contributed by atoms with van der Waals surface area (Å²) in [5.41, 5.74) is 0. The molecule has 64 valence electrons. The molecule has 1 rings (SSSR count). The van der Waals surface area contributed by atoms with Crippen molar-refractivity contribution in [3.05, 3.63) is 29.7 Å². The van der Waals surface area contributed by atoms with Crippen molar-refractivity contribution < 1.29 is 0 Å². The Labute approximate surface area is 76.5 Å². The van der Waals surface area contributed by atoms with Crippen LogP contribution < -0.4 is 5.32 Å². The molecule has 0 aliphatic carbocycles. The van der Waals surface area contributed by atoms with Gasteiger partial charge in [0.2, 0.25) is 0 Å². The van der Waals surface area contributed by atoms with Gasteiger partial charge in [0.15, 0.2) is 0 Å². The maximum absolute atomic E-state index is 5.57. The van der Waals surface area contributed by atoms with E-state index in [9.17, 15) is 0 Å². The van der Waals surface area contributed by atoms with Crippen molar-refractivity contribution in [1.82, 2.24) is 9.97 Å². The Morgan fingerprint density at radius 1 is 1.75 bits per heavy atom. The molecule has 0 aliphatic rings. The van der Waals surface area contributed by atoms with Crippen LogP contribution >= 0.6 is 11.6 Å². The third-order valence-electron chi connectivity index (χ3n) is 1.24.